The lowest BCUT2D eigenvalue weighted by Gasteiger charge is -2.16. The van der Waals surface area contributed by atoms with Gasteiger partial charge in [-0.15, -0.1) is 0 Å². The number of nitrogens with zero attached hydrogens (tertiary/aromatic N) is 2. The minimum atomic E-state index is -3.47. The first-order chi connectivity index (χ1) is 7.03. The highest BCUT2D eigenvalue weighted by Gasteiger charge is 2.36. The summed E-state index contributed by atoms with van der Waals surface area (Å²) >= 11 is 5.76. The third kappa shape index (κ3) is 2.00. The smallest absolute Gasteiger partial charge is 0.243 e. The Bertz CT molecular complexity index is 471. The quantitative estimate of drug-likeness (QED) is 0.760. The van der Waals surface area contributed by atoms with E-state index < -0.39 is 10.0 Å². The molecule has 0 aliphatic heterocycles. The van der Waals surface area contributed by atoms with Gasteiger partial charge in [0.05, 0.1) is 0 Å². The molecule has 1 aromatic rings. The Morgan fingerprint density at radius 1 is 1.53 bits per heavy atom. The van der Waals surface area contributed by atoms with E-state index in [4.69, 9.17) is 11.6 Å². The molecule has 1 aliphatic rings. The Hall–Kier alpha value is -0.650. The first-order valence-corrected chi connectivity index (χ1v) is 6.44. The topological polar surface area (TPSA) is 50.3 Å². The summed E-state index contributed by atoms with van der Waals surface area (Å²) in [6, 6.07) is 3.18. The van der Waals surface area contributed by atoms with Crippen molar-refractivity contribution in [3.05, 3.63) is 23.5 Å². The molecule has 0 saturated heterocycles. The maximum atomic E-state index is 12.0. The van der Waals surface area contributed by atoms with E-state index in [1.54, 1.807) is 13.1 Å². The van der Waals surface area contributed by atoms with Gasteiger partial charge in [0.25, 0.3) is 0 Å². The van der Waals surface area contributed by atoms with Crippen LogP contribution >= 0.6 is 11.6 Å². The number of sulfonamides is 1. The normalized spacial score (nSPS) is 17.0. The molecule has 1 fully saturated rings. The van der Waals surface area contributed by atoms with Crippen molar-refractivity contribution >= 4 is 21.6 Å². The molecule has 0 spiro atoms. The van der Waals surface area contributed by atoms with Gasteiger partial charge in [-0.3, -0.25) is 0 Å². The molecule has 82 valence electrons. The molecule has 0 atom stereocenters. The Morgan fingerprint density at radius 3 is 2.73 bits per heavy atom. The van der Waals surface area contributed by atoms with Crippen LogP contribution in [0.5, 0.6) is 0 Å². The third-order valence-corrected chi connectivity index (χ3v) is 4.80. The van der Waals surface area contributed by atoms with Crippen LogP contribution in [0.4, 0.5) is 0 Å². The maximum absolute atomic E-state index is 12.0. The van der Waals surface area contributed by atoms with Crippen molar-refractivity contribution in [2.75, 3.05) is 7.05 Å². The summed E-state index contributed by atoms with van der Waals surface area (Å²) < 4.78 is 25.4. The van der Waals surface area contributed by atoms with Gasteiger partial charge in [0, 0.05) is 19.3 Å². The van der Waals surface area contributed by atoms with E-state index in [0.29, 0.717) is 0 Å². The number of aromatic nitrogens is 1. The number of hydrogen-bond acceptors (Lipinski definition) is 3. The van der Waals surface area contributed by atoms with Crippen molar-refractivity contribution < 1.29 is 8.42 Å². The van der Waals surface area contributed by atoms with Crippen LogP contribution in [0.15, 0.2) is 23.2 Å². The largest absolute Gasteiger partial charge is 0.246 e. The minimum Gasteiger partial charge on any atom is -0.243 e. The van der Waals surface area contributed by atoms with E-state index in [2.05, 4.69) is 4.98 Å². The first kappa shape index (κ1) is 10.9. The summed E-state index contributed by atoms with van der Waals surface area (Å²) in [6.07, 6.45) is 3.32. The monoisotopic (exact) mass is 246 g/mol. The number of halogens is 1. The second-order valence-corrected chi connectivity index (χ2v) is 5.87. The van der Waals surface area contributed by atoms with Crippen molar-refractivity contribution in [2.45, 2.75) is 23.8 Å². The zero-order valence-corrected chi connectivity index (χ0v) is 9.79. The summed E-state index contributed by atoms with van der Waals surface area (Å²) in [5.74, 6) is 0. The fraction of sp³-hybridized carbons (Fsp3) is 0.444. The van der Waals surface area contributed by atoms with Gasteiger partial charge in [0.15, 0.2) is 0 Å². The first-order valence-electron chi connectivity index (χ1n) is 4.62. The number of rotatable bonds is 3. The van der Waals surface area contributed by atoms with E-state index in [0.717, 1.165) is 12.8 Å². The number of pyridine rings is 1. The molecule has 2 rings (SSSR count). The van der Waals surface area contributed by atoms with E-state index in [1.807, 2.05) is 0 Å². The molecule has 0 bridgehead atoms. The highest BCUT2D eigenvalue weighted by Crippen LogP contribution is 2.31. The molecule has 15 heavy (non-hydrogen) atoms. The van der Waals surface area contributed by atoms with Gasteiger partial charge in [-0.2, -0.15) is 4.31 Å². The summed E-state index contributed by atoms with van der Waals surface area (Å²) in [5, 5.41) is 0.0324. The van der Waals surface area contributed by atoms with Crippen molar-refractivity contribution in [1.82, 2.24) is 9.29 Å². The molecule has 1 aromatic heterocycles. The summed E-state index contributed by atoms with van der Waals surface area (Å²) in [7, 11) is -1.89. The minimum absolute atomic E-state index is 0.0324. The Kier molecular flexibility index (Phi) is 2.70. The van der Waals surface area contributed by atoms with Crippen LogP contribution in [-0.4, -0.2) is 30.8 Å². The average Bonchev–Trinajstić information content (AvgIpc) is 3.00. The molecular formula is C9H11ClN2O2S. The fourth-order valence-electron chi connectivity index (χ4n) is 1.35. The zero-order valence-electron chi connectivity index (χ0n) is 8.22. The highest BCUT2D eigenvalue weighted by molar-refractivity contribution is 7.89. The molecule has 1 saturated carbocycles. The van der Waals surface area contributed by atoms with E-state index in [9.17, 15) is 8.42 Å². The lowest BCUT2D eigenvalue weighted by atomic mass is 10.5. The van der Waals surface area contributed by atoms with Crippen LogP contribution < -0.4 is 0 Å². The van der Waals surface area contributed by atoms with Crippen LogP contribution in [-0.2, 0) is 10.0 Å². The van der Waals surface area contributed by atoms with Crippen molar-refractivity contribution in [2.24, 2.45) is 0 Å². The molecule has 1 aliphatic carbocycles. The maximum Gasteiger partial charge on any atom is 0.246 e. The molecule has 0 unspecified atom stereocenters. The standard InChI is InChI=1S/C9H11ClN2O2S/c1-12(7-4-5-7)15(13,14)8-3-2-6-11-9(8)10/h2-3,6-7H,4-5H2,1H3. The zero-order chi connectivity index (χ0) is 11.1. The fourth-order valence-corrected chi connectivity index (χ4v) is 3.19. The predicted octanol–water partition coefficient (Wildman–Crippen LogP) is 1.52. The van der Waals surface area contributed by atoms with Crippen LogP contribution in [0.1, 0.15) is 12.8 Å². The van der Waals surface area contributed by atoms with E-state index >= 15 is 0 Å². The van der Waals surface area contributed by atoms with Gasteiger partial charge >= 0.3 is 0 Å². The molecule has 1 heterocycles. The van der Waals surface area contributed by atoms with Gasteiger partial charge in [-0.05, 0) is 25.0 Å². The Morgan fingerprint density at radius 2 is 2.20 bits per heavy atom. The Labute approximate surface area is 93.9 Å². The molecule has 0 amide bonds. The van der Waals surface area contributed by atoms with Crippen LogP contribution in [0.3, 0.4) is 0 Å². The lowest BCUT2D eigenvalue weighted by molar-refractivity contribution is 0.464. The van der Waals surface area contributed by atoms with Crippen LogP contribution in [0, 0.1) is 0 Å². The van der Waals surface area contributed by atoms with E-state index in [1.165, 1.54) is 16.6 Å². The Balaban J connectivity index is 2.41. The molecule has 0 N–H and O–H groups in total. The molecule has 4 nitrogen and oxygen atoms in total. The molecular weight excluding hydrogens is 236 g/mol. The summed E-state index contributed by atoms with van der Waals surface area (Å²) in [6.45, 7) is 0. The SMILES string of the molecule is CN(C1CC1)S(=O)(=O)c1cccnc1Cl. The van der Waals surface area contributed by atoms with Gasteiger partial charge < -0.3 is 0 Å². The van der Waals surface area contributed by atoms with Crippen LogP contribution in [0.25, 0.3) is 0 Å². The second kappa shape index (κ2) is 3.73. The van der Waals surface area contributed by atoms with Crippen molar-refractivity contribution in [1.29, 1.82) is 0 Å². The van der Waals surface area contributed by atoms with Gasteiger partial charge in [0.2, 0.25) is 10.0 Å². The molecule has 6 heteroatoms. The van der Waals surface area contributed by atoms with Crippen molar-refractivity contribution in [3.63, 3.8) is 0 Å². The van der Waals surface area contributed by atoms with Gasteiger partial charge in [-0.1, -0.05) is 11.6 Å². The van der Waals surface area contributed by atoms with Gasteiger partial charge in [-0.25, -0.2) is 13.4 Å². The second-order valence-electron chi connectivity index (χ2n) is 3.54. The van der Waals surface area contributed by atoms with Crippen molar-refractivity contribution in [3.8, 4) is 0 Å². The molecule has 0 radical (unpaired) electrons. The number of hydrogen-bond donors (Lipinski definition) is 0. The van der Waals surface area contributed by atoms with Gasteiger partial charge in [0.1, 0.15) is 10.0 Å². The summed E-state index contributed by atoms with van der Waals surface area (Å²) in [5.41, 5.74) is 0. The summed E-state index contributed by atoms with van der Waals surface area (Å²) in [4.78, 5) is 3.85. The highest BCUT2D eigenvalue weighted by atomic mass is 35.5. The predicted molar refractivity (Wildman–Crippen MR) is 57.2 cm³/mol. The molecule has 0 aromatic carbocycles. The third-order valence-electron chi connectivity index (χ3n) is 2.44. The lowest BCUT2D eigenvalue weighted by Crippen LogP contribution is -2.29. The van der Waals surface area contributed by atoms with E-state index in [-0.39, 0.29) is 16.1 Å². The average molecular weight is 247 g/mol. The van der Waals surface area contributed by atoms with Crippen LogP contribution in [0.2, 0.25) is 5.15 Å².